The largest absolute Gasteiger partial charge is 0.465 e. The Labute approximate surface area is 263 Å². The van der Waals surface area contributed by atoms with E-state index >= 15 is 0 Å². The fraction of sp³-hybridized carbons (Fsp3) is 0.594. The van der Waals surface area contributed by atoms with E-state index in [1.807, 2.05) is 64.4 Å². The number of rotatable bonds is 14. The Bertz CT molecular complexity index is 1270. The monoisotopic (exact) mass is 629 g/mol. The number of aromatic nitrogens is 1. The van der Waals surface area contributed by atoms with Crippen molar-refractivity contribution in [2.24, 2.45) is 5.41 Å². The van der Waals surface area contributed by atoms with Crippen LogP contribution in [0.25, 0.3) is 10.4 Å². The molecule has 4 atom stereocenters. The predicted octanol–water partition coefficient (Wildman–Crippen LogP) is 4.40. The molecule has 1 unspecified atom stereocenters. The van der Waals surface area contributed by atoms with Crippen LogP contribution in [-0.4, -0.2) is 75.2 Å². The molecule has 1 fully saturated rings. The Hall–Kier alpha value is -3.51. The molecule has 44 heavy (non-hydrogen) atoms. The van der Waals surface area contributed by atoms with Crippen molar-refractivity contribution in [3.8, 4) is 10.4 Å². The highest BCUT2D eigenvalue weighted by atomic mass is 32.1. The first-order valence-electron chi connectivity index (χ1n) is 15.3. The third-order valence-corrected chi connectivity index (χ3v) is 8.89. The van der Waals surface area contributed by atoms with Crippen LogP contribution in [-0.2, 0) is 14.4 Å². The van der Waals surface area contributed by atoms with Crippen LogP contribution in [0.1, 0.15) is 89.9 Å². The first-order valence-corrected chi connectivity index (χ1v) is 16.2. The zero-order chi connectivity index (χ0) is 32.4. The third kappa shape index (κ3) is 10.0. The minimum absolute atomic E-state index is 0.0212. The lowest BCUT2D eigenvalue weighted by molar-refractivity contribution is -0.144. The molecule has 2 heterocycles. The van der Waals surface area contributed by atoms with Gasteiger partial charge in [-0.3, -0.25) is 14.4 Å². The first-order chi connectivity index (χ1) is 20.8. The van der Waals surface area contributed by atoms with E-state index in [-0.39, 0.29) is 43.1 Å². The van der Waals surface area contributed by atoms with E-state index in [0.29, 0.717) is 13.0 Å². The highest BCUT2D eigenvalue weighted by Gasteiger charge is 2.44. The van der Waals surface area contributed by atoms with Crippen molar-refractivity contribution in [3.05, 3.63) is 41.0 Å². The molecule has 0 aliphatic carbocycles. The van der Waals surface area contributed by atoms with Gasteiger partial charge in [0, 0.05) is 25.9 Å². The maximum absolute atomic E-state index is 13.8. The standard InChI is InChI=1S/C32H47N5O6S/c1-20(22-12-14-23(15-13-22)27-21(2)34-19-44-27)35-29(40)25-17-24(38)18-37(25)30(41)28(32(3,4)5)36-26(39)11-9-7-6-8-10-16-33-31(42)43/h12-15,19-20,24-25,28,33,38H,6-11,16-18H2,1-5H3,(H,35,40)(H,36,39)(H,42,43)/t20-,24+,25-,28?/m0/s1. The average Bonchev–Trinajstić information content (AvgIpc) is 3.57. The Balaban J connectivity index is 1.57. The second-order valence-electron chi connectivity index (χ2n) is 12.6. The number of hydrogen-bond acceptors (Lipinski definition) is 7. The molecule has 1 aliphatic rings. The normalized spacial score (nSPS) is 18.0. The minimum atomic E-state index is -1.03. The first kappa shape index (κ1) is 35.0. The molecule has 0 radical (unpaired) electrons. The van der Waals surface area contributed by atoms with Gasteiger partial charge in [0.1, 0.15) is 12.1 Å². The lowest BCUT2D eigenvalue weighted by Crippen LogP contribution is -2.57. The van der Waals surface area contributed by atoms with Gasteiger partial charge in [0.15, 0.2) is 0 Å². The third-order valence-electron chi connectivity index (χ3n) is 7.92. The molecule has 1 aromatic heterocycles. The summed E-state index contributed by atoms with van der Waals surface area (Å²) in [5.41, 5.74) is 4.14. The number of amides is 4. The van der Waals surface area contributed by atoms with Gasteiger partial charge in [-0.15, -0.1) is 11.3 Å². The second kappa shape index (κ2) is 16.0. The van der Waals surface area contributed by atoms with E-state index in [2.05, 4.69) is 20.9 Å². The number of nitrogens with zero attached hydrogens (tertiary/aromatic N) is 2. The van der Waals surface area contributed by atoms with Crippen molar-refractivity contribution in [1.29, 1.82) is 0 Å². The molecular formula is C32H47N5O6S. The molecule has 12 heteroatoms. The Kier molecular flexibility index (Phi) is 12.7. The van der Waals surface area contributed by atoms with E-state index in [1.54, 1.807) is 11.3 Å². The number of likely N-dealkylation sites (tertiary alicyclic amines) is 1. The van der Waals surface area contributed by atoms with Gasteiger partial charge in [0.05, 0.1) is 28.2 Å². The molecule has 3 rings (SSSR count). The molecule has 1 aliphatic heterocycles. The summed E-state index contributed by atoms with van der Waals surface area (Å²) in [6.45, 7) is 9.87. The number of hydrogen-bond donors (Lipinski definition) is 5. The summed E-state index contributed by atoms with van der Waals surface area (Å²) >= 11 is 1.58. The van der Waals surface area contributed by atoms with Crippen molar-refractivity contribution in [1.82, 2.24) is 25.8 Å². The van der Waals surface area contributed by atoms with Crippen molar-refractivity contribution in [3.63, 3.8) is 0 Å². The molecule has 1 aromatic carbocycles. The van der Waals surface area contributed by atoms with E-state index in [1.165, 1.54) is 4.90 Å². The van der Waals surface area contributed by atoms with Gasteiger partial charge in [0.2, 0.25) is 17.7 Å². The summed E-state index contributed by atoms with van der Waals surface area (Å²) in [5, 5.41) is 27.3. The number of carbonyl (C=O) groups is 4. The maximum Gasteiger partial charge on any atom is 0.404 e. The van der Waals surface area contributed by atoms with Crippen LogP contribution in [0.15, 0.2) is 29.8 Å². The highest BCUT2D eigenvalue weighted by Crippen LogP contribution is 2.29. The van der Waals surface area contributed by atoms with Gasteiger partial charge < -0.3 is 31.1 Å². The number of benzene rings is 1. The lowest BCUT2D eigenvalue weighted by Gasteiger charge is -2.35. The van der Waals surface area contributed by atoms with Crippen LogP contribution < -0.4 is 16.0 Å². The Morgan fingerprint density at radius 1 is 1.05 bits per heavy atom. The van der Waals surface area contributed by atoms with Crippen molar-refractivity contribution >= 4 is 35.2 Å². The highest BCUT2D eigenvalue weighted by molar-refractivity contribution is 7.13. The zero-order valence-electron chi connectivity index (χ0n) is 26.4. The number of unbranched alkanes of at least 4 members (excludes halogenated alkanes) is 4. The molecule has 5 N–H and O–H groups in total. The SMILES string of the molecule is Cc1ncsc1-c1ccc([C@H](C)NC(=O)[C@@H]2C[C@@H](O)CN2C(=O)C(NC(=O)CCCCCCCNC(=O)O)C(C)(C)C)cc1. The van der Waals surface area contributed by atoms with Gasteiger partial charge in [-0.1, -0.05) is 64.3 Å². The molecule has 4 amide bonds. The minimum Gasteiger partial charge on any atom is -0.465 e. The summed E-state index contributed by atoms with van der Waals surface area (Å²) < 4.78 is 0. The number of thiazole rings is 1. The topological polar surface area (TPSA) is 161 Å². The second-order valence-corrected chi connectivity index (χ2v) is 13.5. The van der Waals surface area contributed by atoms with Crippen LogP contribution in [0.3, 0.4) is 0 Å². The van der Waals surface area contributed by atoms with Gasteiger partial charge in [-0.25, -0.2) is 9.78 Å². The number of carbonyl (C=O) groups excluding carboxylic acids is 3. The van der Waals surface area contributed by atoms with Gasteiger partial charge in [-0.05, 0) is 43.2 Å². The fourth-order valence-corrected chi connectivity index (χ4v) is 6.20. The van der Waals surface area contributed by atoms with E-state index in [4.69, 9.17) is 5.11 Å². The van der Waals surface area contributed by atoms with Crippen LogP contribution in [0.2, 0.25) is 0 Å². The summed E-state index contributed by atoms with van der Waals surface area (Å²) in [5.74, 6) is -0.968. The summed E-state index contributed by atoms with van der Waals surface area (Å²) in [7, 11) is 0. The smallest absolute Gasteiger partial charge is 0.404 e. The quantitative estimate of drug-likeness (QED) is 0.194. The number of β-amino-alcohol motifs (C(OH)–C–C–N with tert-alkyl or cyclic N) is 1. The average molecular weight is 630 g/mol. The van der Waals surface area contributed by atoms with Crippen molar-refractivity contribution in [2.45, 2.75) is 104 Å². The fourth-order valence-electron chi connectivity index (χ4n) is 5.38. The summed E-state index contributed by atoms with van der Waals surface area (Å²) in [6.07, 6.45) is 2.48. The molecule has 242 valence electrons. The molecule has 11 nitrogen and oxygen atoms in total. The Morgan fingerprint density at radius 3 is 2.32 bits per heavy atom. The molecule has 2 aromatic rings. The maximum atomic E-state index is 13.8. The predicted molar refractivity (Wildman–Crippen MR) is 170 cm³/mol. The van der Waals surface area contributed by atoms with Crippen LogP contribution >= 0.6 is 11.3 Å². The summed E-state index contributed by atoms with van der Waals surface area (Å²) in [6, 6.07) is 5.91. The lowest BCUT2D eigenvalue weighted by atomic mass is 9.85. The molecule has 0 spiro atoms. The molecule has 0 saturated carbocycles. The zero-order valence-corrected chi connectivity index (χ0v) is 27.2. The molecule has 0 bridgehead atoms. The Morgan fingerprint density at radius 2 is 1.70 bits per heavy atom. The molecule has 1 saturated heterocycles. The number of carboxylic acid groups (broad SMARTS) is 1. The van der Waals surface area contributed by atoms with Crippen molar-refractivity contribution in [2.75, 3.05) is 13.1 Å². The van der Waals surface area contributed by atoms with Crippen molar-refractivity contribution < 1.29 is 29.4 Å². The van der Waals surface area contributed by atoms with Crippen LogP contribution in [0.4, 0.5) is 4.79 Å². The number of aliphatic hydroxyl groups excluding tert-OH is 1. The summed E-state index contributed by atoms with van der Waals surface area (Å²) in [4.78, 5) is 57.4. The van der Waals surface area contributed by atoms with E-state index < -0.39 is 29.7 Å². The van der Waals surface area contributed by atoms with Crippen LogP contribution in [0, 0.1) is 12.3 Å². The van der Waals surface area contributed by atoms with E-state index in [9.17, 15) is 24.3 Å². The molecular weight excluding hydrogens is 582 g/mol. The van der Waals surface area contributed by atoms with Gasteiger partial charge in [-0.2, -0.15) is 0 Å². The van der Waals surface area contributed by atoms with Gasteiger partial charge in [0.25, 0.3) is 0 Å². The van der Waals surface area contributed by atoms with E-state index in [0.717, 1.165) is 47.4 Å². The van der Waals surface area contributed by atoms with Gasteiger partial charge >= 0.3 is 6.09 Å². The number of aliphatic hydroxyl groups is 1. The van der Waals surface area contributed by atoms with Crippen LogP contribution in [0.5, 0.6) is 0 Å². The number of nitrogens with one attached hydrogen (secondary N) is 3. The number of aryl methyl sites for hydroxylation is 1.